The minimum Gasteiger partial charge on any atom is -0.345 e. The lowest BCUT2D eigenvalue weighted by molar-refractivity contribution is -0.144. The number of amides is 2. The number of piperazine rings is 1. The topological polar surface area (TPSA) is 67.2 Å². The average molecular weight is 236 g/mol. The summed E-state index contributed by atoms with van der Waals surface area (Å²) in [6.45, 7) is 4.95. The molecule has 17 heavy (non-hydrogen) atoms. The highest BCUT2D eigenvalue weighted by Crippen LogP contribution is 2.06. The molecule has 1 aliphatic heterocycles. The fraction of sp³-hybridized carbons (Fsp3) is 0.545. The van der Waals surface area contributed by atoms with Crippen molar-refractivity contribution in [3.63, 3.8) is 0 Å². The molecule has 6 heteroatoms. The molecule has 2 rings (SSSR count). The average Bonchev–Trinajstić information content (AvgIpc) is 2.70. The van der Waals surface area contributed by atoms with Crippen LogP contribution in [-0.2, 0) is 16.1 Å². The fourth-order valence-corrected chi connectivity index (χ4v) is 1.94. The number of carbonyl (C=O) groups excluding carboxylic acids is 2. The van der Waals surface area contributed by atoms with E-state index in [1.807, 2.05) is 17.7 Å². The number of aromatic nitrogens is 2. The number of imidazole rings is 1. The van der Waals surface area contributed by atoms with Crippen LogP contribution in [0.3, 0.4) is 0 Å². The molecule has 1 N–H and O–H groups in total. The van der Waals surface area contributed by atoms with Gasteiger partial charge in [-0.15, -0.1) is 0 Å². The number of nitrogens with one attached hydrogen (secondary N) is 1. The molecule has 1 fully saturated rings. The van der Waals surface area contributed by atoms with Gasteiger partial charge in [-0.05, 0) is 13.8 Å². The Kier molecular flexibility index (Phi) is 3.12. The summed E-state index contributed by atoms with van der Waals surface area (Å²) < 4.78 is 1.96. The third kappa shape index (κ3) is 2.30. The maximum atomic E-state index is 11.7. The van der Waals surface area contributed by atoms with Crippen LogP contribution < -0.4 is 5.32 Å². The molecule has 0 radical (unpaired) electrons. The Morgan fingerprint density at radius 2 is 2.24 bits per heavy atom. The predicted octanol–water partition coefficient (Wildman–Crippen LogP) is -0.462. The second-order valence-corrected chi connectivity index (χ2v) is 4.15. The summed E-state index contributed by atoms with van der Waals surface area (Å²) in [5.41, 5.74) is 0. The van der Waals surface area contributed by atoms with Crippen molar-refractivity contribution >= 4 is 11.8 Å². The third-order valence-electron chi connectivity index (χ3n) is 3.09. The molecule has 0 bridgehead atoms. The van der Waals surface area contributed by atoms with Crippen LogP contribution in [0.5, 0.6) is 0 Å². The van der Waals surface area contributed by atoms with Crippen LogP contribution in [0.1, 0.15) is 12.7 Å². The number of hydrogen-bond acceptors (Lipinski definition) is 3. The lowest BCUT2D eigenvalue weighted by Crippen LogP contribution is -2.57. The van der Waals surface area contributed by atoms with Gasteiger partial charge in [-0.3, -0.25) is 9.59 Å². The number of aryl methyl sites for hydroxylation is 1. The Labute approximate surface area is 99.6 Å². The summed E-state index contributed by atoms with van der Waals surface area (Å²) in [4.78, 5) is 28.9. The van der Waals surface area contributed by atoms with Crippen molar-refractivity contribution in [3.05, 3.63) is 18.2 Å². The zero-order valence-electron chi connectivity index (χ0n) is 10.0. The van der Waals surface area contributed by atoms with Gasteiger partial charge in [0.15, 0.2) is 0 Å². The van der Waals surface area contributed by atoms with E-state index in [4.69, 9.17) is 0 Å². The molecule has 1 aromatic rings. The first-order chi connectivity index (χ1) is 8.09. The van der Waals surface area contributed by atoms with Gasteiger partial charge in [0.1, 0.15) is 11.9 Å². The van der Waals surface area contributed by atoms with E-state index in [1.165, 1.54) is 0 Å². The zero-order valence-corrected chi connectivity index (χ0v) is 10.0. The van der Waals surface area contributed by atoms with Crippen LogP contribution in [0.15, 0.2) is 12.4 Å². The maximum absolute atomic E-state index is 11.7. The van der Waals surface area contributed by atoms with E-state index in [2.05, 4.69) is 10.3 Å². The van der Waals surface area contributed by atoms with E-state index in [-0.39, 0.29) is 24.4 Å². The van der Waals surface area contributed by atoms with E-state index in [9.17, 15) is 9.59 Å². The molecule has 0 spiro atoms. The van der Waals surface area contributed by atoms with Crippen molar-refractivity contribution in [2.45, 2.75) is 26.4 Å². The lowest BCUT2D eigenvalue weighted by atomic mass is 10.2. The van der Waals surface area contributed by atoms with Gasteiger partial charge in [0, 0.05) is 25.5 Å². The summed E-state index contributed by atoms with van der Waals surface area (Å²) in [5.74, 6) is 0.786. The number of hydrogen-bond donors (Lipinski definition) is 1. The van der Waals surface area contributed by atoms with Crippen LogP contribution in [0.25, 0.3) is 0 Å². The second-order valence-electron chi connectivity index (χ2n) is 4.15. The van der Waals surface area contributed by atoms with Crippen molar-refractivity contribution in [2.75, 3.05) is 13.1 Å². The van der Waals surface area contributed by atoms with Crippen LogP contribution >= 0.6 is 0 Å². The predicted molar refractivity (Wildman–Crippen MR) is 61.1 cm³/mol. The molecule has 2 heterocycles. The van der Waals surface area contributed by atoms with Crippen LogP contribution in [0, 0.1) is 6.92 Å². The van der Waals surface area contributed by atoms with Crippen molar-refractivity contribution in [1.29, 1.82) is 0 Å². The summed E-state index contributed by atoms with van der Waals surface area (Å²) in [6, 6.07) is -0.389. The monoisotopic (exact) mass is 236 g/mol. The Bertz CT molecular complexity index is 440. The van der Waals surface area contributed by atoms with Gasteiger partial charge < -0.3 is 14.8 Å². The normalized spacial score (nSPS) is 20.6. The molecule has 1 aromatic heterocycles. The number of nitrogens with zero attached hydrogens (tertiary/aromatic N) is 3. The molecule has 1 saturated heterocycles. The van der Waals surface area contributed by atoms with Crippen molar-refractivity contribution < 1.29 is 9.59 Å². The summed E-state index contributed by atoms with van der Waals surface area (Å²) in [5, 5.41) is 2.57. The minimum absolute atomic E-state index is 0.0325. The van der Waals surface area contributed by atoms with Crippen molar-refractivity contribution in [1.82, 2.24) is 19.8 Å². The molecule has 92 valence electrons. The van der Waals surface area contributed by atoms with Crippen LogP contribution in [-0.4, -0.2) is 45.4 Å². The van der Waals surface area contributed by atoms with Gasteiger partial charge in [0.2, 0.25) is 11.8 Å². The summed E-state index contributed by atoms with van der Waals surface area (Å²) in [7, 11) is 0. The minimum atomic E-state index is -0.389. The molecule has 0 aliphatic carbocycles. The molecule has 0 aromatic carbocycles. The fourth-order valence-electron chi connectivity index (χ4n) is 1.94. The van der Waals surface area contributed by atoms with E-state index in [0.717, 1.165) is 5.82 Å². The van der Waals surface area contributed by atoms with Gasteiger partial charge in [0.25, 0.3) is 0 Å². The van der Waals surface area contributed by atoms with E-state index >= 15 is 0 Å². The molecule has 1 atom stereocenters. The van der Waals surface area contributed by atoms with Crippen LogP contribution in [0.4, 0.5) is 0 Å². The smallest absolute Gasteiger partial charge is 0.242 e. The highest BCUT2D eigenvalue weighted by Gasteiger charge is 2.30. The summed E-state index contributed by atoms with van der Waals surface area (Å²) in [6.07, 6.45) is 3.60. The van der Waals surface area contributed by atoms with Gasteiger partial charge >= 0.3 is 0 Å². The summed E-state index contributed by atoms with van der Waals surface area (Å²) >= 11 is 0. The zero-order chi connectivity index (χ0) is 12.4. The molecule has 2 amide bonds. The Morgan fingerprint density at radius 3 is 2.88 bits per heavy atom. The standard InChI is InChI=1S/C11H16N4O2/c1-8-11(17)13-7-10(16)15(8)6-5-14-4-3-12-9(14)2/h3-4,8H,5-7H2,1-2H3,(H,13,17). The van der Waals surface area contributed by atoms with Crippen LogP contribution in [0.2, 0.25) is 0 Å². The third-order valence-corrected chi connectivity index (χ3v) is 3.09. The largest absolute Gasteiger partial charge is 0.345 e. The second kappa shape index (κ2) is 4.57. The lowest BCUT2D eigenvalue weighted by Gasteiger charge is -2.32. The molecule has 1 unspecified atom stereocenters. The van der Waals surface area contributed by atoms with Crippen molar-refractivity contribution in [3.8, 4) is 0 Å². The highest BCUT2D eigenvalue weighted by molar-refractivity contribution is 5.94. The van der Waals surface area contributed by atoms with E-state index in [0.29, 0.717) is 13.1 Å². The Hall–Kier alpha value is -1.85. The maximum Gasteiger partial charge on any atom is 0.242 e. The van der Waals surface area contributed by atoms with Gasteiger partial charge in [-0.1, -0.05) is 0 Å². The van der Waals surface area contributed by atoms with Crippen molar-refractivity contribution in [2.24, 2.45) is 0 Å². The molecule has 6 nitrogen and oxygen atoms in total. The highest BCUT2D eigenvalue weighted by atomic mass is 16.2. The molecule has 0 saturated carbocycles. The van der Waals surface area contributed by atoms with Gasteiger partial charge in [0.05, 0.1) is 6.54 Å². The first-order valence-electron chi connectivity index (χ1n) is 5.64. The SMILES string of the molecule is Cc1nccn1CCN1C(=O)CNC(=O)C1C. The molecule has 1 aliphatic rings. The molecular weight excluding hydrogens is 220 g/mol. The first kappa shape index (κ1) is 11.6. The first-order valence-corrected chi connectivity index (χ1v) is 5.64. The van der Waals surface area contributed by atoms with Gasteiger partial charge in [-0.25, -0.2) is 4.98 Å². The number of carbonyl (C=O) groups is 2. The van der Waals surface area contributed by atoms with E-state index in [1.54, 1.807) is 18.0 Å². The quantitative estimate of drug-likeness (QED) is 0.772. The van der Waals surface area contributed by atoms with E-state index < -0.39 is 0 Å². The number of rotatable bonds is 3. The Balaban J connectivity index is 2.00. The van der Waals surface area contributed by atoms with Gasteiger partial charge in [-0.2, -0.15) is 0 Å². The Morgan fingerprint density at radius 1 is 1.47 bits per heavy atom. The molecular formula is C11H16N4O2.